The van der Waals surface area contributed by atoms with Crippen LogP contribution in [0.1, 0.15) is 25.6 Å². The Bertz CT molecular complexity index is 1610. The summed E-state index contributed by atoms with van der Waals surface area (Å²) >= 11 is 0. The predicted octanol–water partition coefficient (Wildman–Crippen LogP) is 4.33. The molecule has 4 aromatic rings. The van der Waals surface area contributed by atoms with Gasteiger partial charge in [-0.15, -0.1) is 0 Å². The molecule has 1 N–H and O–H groups in total. The number of rotatable bonds is 9. The second kappa shape index (κ2) is 11.0. The standard InChI is InChI=1S/C27H26FN3O6S/c1-4-5-12-23-30-26(32)25(27(33)31(23)24-20(36-2)9-7-10-21(24)37-3)38(34,35)18-15-13-17(14-16-18)19-8-6-11-22(28)29-19/h6-11,13-16,32H,4-5,12H2,1-3H3. The Morgan fingerprint density at radius 1 is 0.947 bits per heavy atom. The molecule has 0 bridgehead atoms. The van der Waals surface area contributed by atoms with E-state index in [2.05, 4.69) is 9.97 Å². The van der Waals surface area contributed by atoms with Gasteiger partial charge in [-0.25, -0.2) is 13.4 Å². The van der Waals surface area contributed by atoms with Crippen LogP contribution in [0.2, 0.25) is 0 Å². The lowest BCUT2D eigenvalue weighted by Gasteiger charge is -2.19. The molecule has 0 fully saturated rings. The normalized spacial score (nSPS) is 11.4. The van der Waals surface area contributed by atoms with Gasteiger partial charge in [-0.1, -0.05) is 37.6 Å². The maximum Gasteiger partial charge on any atom is 0.281 e. The summed E-state index contributed by atoms with van der Waals surface area (Å²) in [4.78, 5) is 20.7. The molecule has 0 amide bonds. The molecule has 0 radical (unpaired) electrons. The maximum absolute atomic E-state index is 13.9. The van der Waals surface area contributed by atoms with E-state index in [0.717, 1.165) is 11.0 Å². The lowest BCUT2D eigenvalue weighted by atomic mass is 10.1. The van der Waals surface area contributed by atoms with E-state index < -0.39 is 32.1 Å². The van der Waals surface area contributed by atoms with Crippen molar-refractivity contribution in [2.45, 2.75) is 36.0 Å². The highest BCUT2D eigenvalue weighted by Crippen LogP contribution is 2.34. The molecular formula is C27H26FN3O6S. The van der Waals surface area contributed by atoms with Gasteiger partial charge < -0.3 is 14.6 Å². The number of hydrogen-bond donors (Lipinski definition) is 1. The van der Waals surface area contributed by atoms with Crippen LogP contribution in [0.15, 0.2) is 75.2 Å². The summed E-state index contributed by atoms with van der Waals surface area (Å²) in [5.74, 6) is -0.907. The van der Waals surface area contributed by atoms with Crippen LogP contribution >= 0.6 is 0 Å². The maximum atomic E-state index is 13.9. The number of aryl methyl sites for hydroxylation is 1. The molecule has 0 unspecified atom stereocenters. The lowest BCUT2D eigenvalue weighted by Crippen LogP contribution is -2.29. The summed E-state index contributed by atoms with van der Waals surface area (Å²) in [6, 6.07) is 14.5. The van der Waals surface area contributed by atoms with E-state index >= 15 is 0 Å². The first-order chi connectivity index (χ1) is 18.2. The zero-order chi connectivity index (χ0) is 27.4. The van der Waals surface area contributed by atoms with Gasteiger partial charge in [0.1, 0.15) is 23.0 Å². The number of aromatic nitrogens is 3. The average Bonchev–Trinajstić information content (AvgIpc) is 2.91. The highest BCUT2D eigenvalue weighted by atomic mass is 32.2. The van der Waals surface area contributed by atoms with Gasteiger partial charge in [-0.3, -0.25) is 9.36 Å². The predicted molar refractivity (Wildman–Crippen MR) is 138 cm³/mol. The molecule has 2 aromatic heterocycles. The second-order valence-corrected chi connectivity index (χ2v) is 10.2. The van der Waals surface area contributed by atoms with Crippen LogP contribution in [0.5, 0.6) is 17.4 Å². The zero-order valence-corrected chi connectivity index (χ0v) is 21.8. The lowest BCUT2D eigenvalue weighted by molar-refractivity contribution is 0.386. The van der Waals surface area contributed by atoms with E-state index in [-0.39, 0.29) is 34.3 Å². The van der Waals surface area contributed by atoms with Crippen molar-refractivity contribution in [2.24, 2.45) is 0 Å². The van der Waals surface area contributed by atoms with Gasteiger partial charge in [-0.2, -0.15) is 9.37 Å². The highest BCUT2D eigenvalue weighted by molar-refractivity contribution is 7.91. The SMILES string of the molecule is CCCCc1nc(O)c(S(=O)(=O)c2ccc(-c3cccc(F)n3)cc2)c(=O)n1-c1c(OC)cccc1OC. The minimum atomic E-state index is -4.54. The molecule has 0 aliphatic rings. The number of nitrogens with zero attached hydrogens (tertiary/aromatic N) is 3. The third-order valence-electron chi connectivity index (χ3n) is 5.92. The molecule has 0 aliphatic carbocycles. The number of methoxy groups -OCH3 is 2. The molecule has 38 heavy (non-hydrogen) atoms. The Kier molecular flexibility index (Phi) is 7.77. The minimum absolute atomic E-state index is 0.156. The van der Waals surface area contributed by atoms with Crippen LogP contribution in [0.4, 0.5) is 4.39 Å². The summed E-state index contributed by atoms with van der Waals surface area (Å²) in [5, 5.41) is 10.7. The topological polar surface area (TPSA) is 121 Å². The van der Waals surface area contributed by atoms with Crippen molar-refractivity contribution in [3.8, 4) is 34.3 Å². The van der Waals surface area contributed by atoms with Crippen LogP contribution in [0, 0.1) is 5.95 Å². The van der Waals surface area contributed by atoms with Crippen molar-refractivity contribution in [2.75, 3.05) is 14.2 Å². The van der Waals surface area contributed by atoms with Gasteiger partial charge >= 0.3 is 0 Å². The summed E-state index contributed by atoms with van der Waals surface area (Å²) in [5.41, 5.74) is -0.0476. The van der Waals surface area contributed by atoms with Crippen molar-refractivity contribution in [1.29, 1.82) is 0 Å². The Labute approximate surface area is 219 Å². The molecule has 9 nitrogen and oxygen atoms in total. The molecule has 2 heterocycles. The molecular weight excluding hydrogens is 513 g/mol. The van der Waals surface area contributed by atoms with Crippen LogP contribution in [0.3, 0.4) is 0 Å². The van der Waals surface area contributed by atoms with E-state index in [0.29, 0.717) is 17.7 Å². The Morgan fingerprint density at radius 2 is 1.58 bits per heavy atom. The van der Waals surface area contributed by atoms with Gasteiger partial charge in [-0.05, 0) is 42.8 Å². The monoisotopic (exact) mass is 539 g/mol. The fourth-order valence-electron chi connectivity index (χ4n) is 4.05. The molecule has 0 saturated heterocycles. The average molecular weight is 540 g/mol. The minimum Gasteiger partial charge on any atom is -0.494 e. The van der Waals surface area contributed by atoms with Gasteiger partial charge in [0.15, 0.2) is 4.90 Å². The van der Waals surface area contributed by atoms with Crippen LogP contribution in [-0.2, 0) is 16.3 Å². The fourth-order valence-corrected chi connectivity index (χ4v) is 5.39. The first-order valence-electron chi connectivity index (χ1n) is 11.8. The molecule has 4 rings (SSSR count). The zero-order valence-electron chi connectivity index (χ0n) is 21.0. The van der Waals surface area contributed by atoms with Gasteiger partial charge in [0.2, 0.25) is 21.7 Å². The summed E-state index contributed by atoms with van der Waals surface area (Å²) < 4.78 is 52.8. The van der Waals surface area contributed by atoms with Crippen molar-refractivity contribution < 1.29 is 27.4 Å². The van der Waals surface area contributed by atoms with Crippen LogP contribution < -0.4 is 15.0 Å². The van der Waals surface area contributed by atoms with Crippen LogP contribution in [0.25, 0.3) is 16.9 Å². The smallest absolute Gasteiger partial charge is 0.281 e. The first-order valence-corrected chi connectivity index (χ1v) is 13.3. The van der Waals surface area contributed by atoms with Crippen LogP contribution in [-0.4, -0.2) is 42.3 Å². The largest absolute Gasteiger partial charge is 0.494 e. The van der Waals surface area contributed by atoms with E-state index in [1.165, 1.54) is 50.6 Å². The number of unbranched alkanes of at least 4 members (excludes halogenated alkanes) is 1. The molecule has 2 aromatic carbocycles. The summed E-state index contributed by atoms with van der Waals surface area (Å²) in [7, 11) is -1.71. The number of pyridine rings is 1. The third kappa shape index (κ3) is 4.97. The van der Waals surface area contributed by atoms with Crippen molar-refractivity contribution in [3.63, 3.8) is 0 Å². The molecule has 0 saturated carbocycles. The number of para-hydroxylation sites is 1. The van der Waals surface area contributed by atoms with Gasteiger partial charge in [0.25, 0.3) is 5.56 Å². The van der Waals surface area contributed by atoms with Crippen molar-refractivity contribution in [3.05, 3.63) is 82.8 Å². The molecule has 0 atom stereocenters. The summed E-state index contributed by atoms with van der Waals surface area (Å²) in [6.07, 6.45) is 1.69. The first kappa shape index (κ1) is 26.8. The number of sulfone groups is 1. The number of aromatic hydroxyl groups is 1. The van der Waals surface area contributed by atoms with Gasteiger partial charge in [0, 0.05) is 12.0 Å². The fraction of sp³-hybridized carbons (Fsp3) is 0.222. The number of hydrogen-bond acceptors (Lipinski definition) is 8. The molecule has 0 aliphatic heterocycles. The number of benzene rings is 2. The Morgan fingerprint density at radius 3 is 2.16 bits per heavy atom. The van der Waals surface area contributed by atoms with Crippen molar-refractivity contribution in [1.82, 2.24) is 14.5 Å². The van der Waals surface area contributed by atoms with Crippen molar-refractivity contribution >= 4 is 9.84 Å². The Balaban J connectivity index is 1.93. The quantitative estimate of drug-likeness (QED) is 0.312. The van der Waals surface area contributed by atoms with E-state index in [1.54, 1.807) is 24.3 Å². The molecule has 198 valence electrons. The molecule has 11 heteroatoms. The highest BCUT2D eigenvalue weighted by Gasteiger charge is 2.31. The number of ether oxygens (including phenoxy) is 2. The third-order valence-corrected chi connectivity index (χ3v) is 7.70. The molecule has 0 spiro atoms. The Hall–Kier alpha value is -4.25. The number of halogens is 1. The van der Waals surface area contributed by atoms with E-state index in [4.69, 9.17) is 9.47 Å². The second-order valence-electron chi connectivity index (χ2n) is 8.31. The van der Waals surface area contributed by atoms with E-state index in [1.807, 2.05) is 6.92 Å². The van der Waals surface area contributed by atoms with Gasteiger partial charge in [0.05, 0.1) is 24.8 Å². The summed E-state index contributed by atoms with van der Waals surface area (Å²) in [6.45, 7) is 1.95. The van der Waals surface area contributed by atoms with E-state index in [9.17, 15) is 22.7 Å².